The highest BCUT2D eigenvalue weighted by molar-refractivity contribution is 8.16. The molecule has 0 unspecified atom stereocenters. The Labute approximate surface area is 219 Å². The van der Waals surface area contributed by atoms with Crippen molar-refractivity contribution in [2.24, 2.45) is 9.39 Å². The molecule has 0 radical (unpaired) electrons. The lowest BCUT2D eigenvalue weighted by Crippen LogP contribution is -2.45. The second-order valence-corrected chi connectivity index (χ2v) is 10.9. The number of fused-ring (bicyclic) bond motifs is 1. The van der Waals surface area contributed by atoms with Crippen molar-refractivity contribution in [3.05, 3.63) is 58.7 Å². The number of hydrogen-bond donors (Lipinski definition) is 1. The van der Waals surface area contributed by atoms with Gasteiger partial charge < -0.3 is 14.2 Å². The lowest BCUT2D eigenvalue weighted by atomic mass is 10.1. The van der Waals surface area contributed by atoms with Crippen LogP contribution in [0.5, 0.6) is 17.2 Å². The Morgan fingerprint density at radius 3 is 2.46 bits per heavy atom. The molecule has 0 atom stereocenters. The first-order chi connectivity index (χ1) is 17.6. The Morgan fingerprint density at radius 1 is 1.03 bits per heavy atom. The Bertz CT molecular complexity index is 1460. The summed E-state index contributed by atoms with van der Waals surface area (Å²) < 4.78 is 45.5. The fraction of sp³-hybridized carbons (Fsp3) is 0.280. The lowest BCUT2D eigenvalue weighted by Gasteiger charge is -2.23. The van der Waals surface area contributed by atoms with Gasteiger partial charge in [0.2, 0.25) is 20.2 Å². The second kappa shape index (κ2) is 10.8. The van der Waals surface area contributed by atoms with Crippen molar-refractivity contribution in [1.82, 2.24) is 4.90 Å². The molecule has 1 amide bonds. The number of amidine groups is 3. The summed E-state index contributed by atoms with van der Waals surface area (Å²) in [6, 6.07) is 11.1. The molecule has 2 aliphatic rings. The van der Waals surface area contributed by atoms with Crippen LogP contribution in [0.15, 0.2) is 51.4 Å². The maximum absolute atomic E-state index is 12.6. The topological polar surface area (TPSA) is 131 Å². The molecule has 0 bridgehead atoms. The van der Waals surface area contributed by atoms with E-state index in [9.17, 15) is 13.2 Å². The first-order valence-electron chi connectivity index (χ1n) is 11.4. The van der Waals surface area contributed by atoms with Crippen LogP contribution in [0.2, 0.25) is 0 Å². The molecule has 0 spiro atoms. The molecule has 0 aromatic heterocycles. The van der Waals surface area contributed by atoms with Crippen LogP contribution in [0, 0.1) is 19.3 Å². The lowest BCUT2D eigenvalue weighted by molar-refractivity contribution is -0.114. The summed E-state index contributed by atoms with van der Waals surface area (Å²) in [5.41, 5.74) is 2.64. The average Bonchev–Trinajstić information content (AvgIpc) is 3.27. The number of amides is 1. The van der Waals surface area contributed by atoms with E-state index in [0.29, 0.717) is 30.3 Å². The van der Waals surface area contributed by atoms with Crippen LogP contribution >= 0.6 is 11.9 Å². The summed E-state index contributed by atoms with van der Waals surface area (Å²) in [4.78, 5) is 17.6. The number of carbonyl (C=O) groups excluding carboxylic acids is 1. The van der Waals surface area contributed by atoms with Crippen molar-refractivity contribution in [1.29, 1.82) is 5.41 Å². The molecule has 1 N–H and O–H groups in total. The zero-order valence-corrected chi connectivity index (χ0v) is 22.4. The highest BCUT2D eigenvalue weighted by Crippen LogP contribution is 2.32. The van der Waals surface area contributed by atoms with Gasteiger partial charge in [-0.05, 0) is 61.7 Å². The number of sulfone groups is 1. The Morgan fingerprint density at radius 2 is 1.76 bits per heavy atom. The summed E-state index contributed by atoms with van der Waals surface area (Å²) >= 11 is 0.746. The van der Waals surface area contributed by atoms with Crippen molar-refractivity contribution >= 4 is 49.9 Å². The number of hydrogen-bond acceptors (Lipinski definition) is 9. The monoisotopic (exact) mass is 542 g/mol. The predicted octanol–water partition coefficient (Wildman–Crippen LogP) is 3.78. The van der Waals surface area contributed by atoms with Crippen molar-refractivity contribution in [3.63, 3.8) is 0 Å². The molecule has 10 nitrogen and oxygen atoms in total. The number of aliphatic imine (C=N–C) groups is 1. The van der Waals surface area contributed by atoms with Crippen LogP contribution in [0.1, 0.15) is 23.6 Å². The van der Waals surface area contributed by atoms with Gasteiger partial charge in [-0.1, -0.05) is 18.2 Å². The molecule has 0 aliphatic carbocycles. The molecular formula is C25H26N4O6S2. The molecule has 2 heterocycles. The summed E-state index contributed by atoms with van der Waals surface area (Å²) in [7, 11) is -3.72. The Balaban J connectivity index is 1.51. The average molecular weight is 543 g/mol. The Kier molecular flexibility index (Phi) is 7.69. The van der Waals surface area contributed by atoms with E-state index in [1.54, 1.807) is 18.2 Å². The number of carbonyl (C=O) groups is 1. The third kappa shape index (κ3) is 5.86. The van der Waals surface area contributed by atoms with E-state index in [1.807, 2.05) is 39.0 Å². The minimum atomic E-state index is -3.72. The van der Waals surface area contributed by atoms with E-state index in [1.165, 1.54) is 6.08 Å². The highest BCUT2D eigenvalue weighted by atomic mass is 32.2. The summed E-state index contributed by atoms with van der Waals surface area (Å²) in [6.07, 6.45) is 2.45. The maximum atomic E-state index is 12.6. The van der Waals surface area contributed by atoms with Gasteiger partial charge in [-0.2, -0.15) is 9.39 Å². The maximum Gasteiger partial charge on any atom is 0.283 e. The molecule has 2 aliphatic heterocycles. The van der Waals surface area contributed by atoms with Gasteiger partial charge in [0, 0.05) is 6.26 Å². The van der Waals surface area contributed by atoms with Gasteiger partial charge in [0.05, 0.1) is 24.1 Å². The molecule has 2 aromatic rings. The molecule has 2 aromatic carbocycles. The normalized spacial score (nSPS) is 16.4. The molecule has 0 saturated carbocycles. The van der Waals surface area contributed by atoms with Gasteiger partial charge in [0.15, 0.2) is 11.5 Å². The number of nitrogens with one attached hydrogen (secondary N) is 1. The SMILES string of the molecule is CCOc1cc(/C=C2/C(=N)N3C(=NC2=O)SN=C3S(C)(=O)=O)ccc1OCCOc1cc(C)ccc1C. The quantitative estimate of drug-likeness (QED) is 0.303. The number of ether oxygens (including phenoxy) is 3. The van der Waals surface area contributed by atoms with E-state index >= 15 is 0 Å². The van der Waals surface area contributed by atoms with Crippen LogP contribution in [0.3, 0.4) is 0 Å². The highest BCUT2D eigenvalue weighted by Gasteiger charge is 2.41. The molecule has 4 rings (SSSR count). The first kappa shape index (κ1) is 26.4. The first-order valence-corrected chi connectivity index (χ1v) is 14.0. The van der Waals surface area contributed by atoms with E-state index in [2.05, 4.69) is 9.39 Å². The van der Waals surface area contributed by atoms with Crippen LogP contribution in [0.25, 0.3) is 6.08 Å². The Hall–Kier alpha value is -3.64. The fourth-order valence-electron chi connectivity index (χ4n) is 3.57. The smallest absolute Gasteiger partial charge is 0.283 e. The van der Waals surface area contributed by atoms with Gasteiger partial charge >= 0.3 is 0 Å². The van der Waals surface area contributed by atoms with Crippen molar-refractivity contribution in [2.75, 3.05) is 26.1 Å². The van der Waals surface area contributed by atoms with Gasteiger partial charge in [-0.25, -0.2) is 13.3 Å². The van der Waals surface area contributed by atoms with E-state index in [0.717, 1.165) is 40.0 Å². The standard InChI is InChI=1S/C25H26N4O6S2/c1-5-33-21-14-17(8-9-19(21)34-10-11-35-20-12-15(2)6-7-16(20)3)13-18-22(26)29-24(27-23(18)30)36-28-25(29)37(4,31)32/h6-9,12-14,26H,5,10-11H2,1-4H3/b18-13-,26-22?. The number of rotatable bonds is 8. The molecule has 12 heteroatoms. The number of benzene rings is 2. The van der Waals surface area contributed by atoms with E-state index in [-0.39, 0.29) is 28.4 Å². The van der Waals surface area contributed by atoms with Gasteiger partial charge in [0.25, 0.3) is 5.91 Å². The molecule has 0 saturated heterocycles. The van der Waals surface area contributed by atoms with Crippen LogP contribution in [-0.4, -0.2) is 61.5 Å². The van der Waals surface area contributed by atoms with Crippen LogP contribution < -0.4 is 14.2 Å². The van der Waals surface area contributed by atoms with E-state index < -0.39 is 15.7 Å². The van der Waals surface area contributed by atoms with Crippen molar-refractivity contribution < 1.29 is 27.4 Å². The summed E-state index contributed by atoms with van der Waals surface area (Å²) in [6.45, 7) is 6.84. The molecular weight excluding hydrogens is 516 g/mol. The third-order valence-corrected chi connectivity index (χ3v) is 7.10. The zero-order chi connectivity index (χ0) is 26.7. The van der Waals surface area contributed by atoms with Gasteiger partial charge in [0.1, 0.15) is 24.8 Å². The van der Waals surface area contributed by atoms with Gasteiger partial charge in [-0.3, -0.25) is 10.2 Å². The summed E-state index contributed by atoms with van der Waals surface area (Å²) in [5.74, 6) is 0.794. The summed E-state index contributed by atoms with van der Waals surface area (Å²) in [5, 5.41) is 8.18. The second-order valence-electron chi connectivity index (χ2n) is 8.28. The van der Waals surface area contributed by atoms with Crippen LogP contribution in [0.4, 0.5) is 0 Å². The minimum absolute atomic E-state index is 0.0365. The number of nitrogens with zero attached hydrogens (tertiary/aromatic N) is 3. The van der Waals surface area contributed by atoms with Gasteiger partial charge in [-0.15, -0.1) is 0 Å². The van der Waals surface area contributed by atoms with Crippen molar-refractivity contribution in [2.45, 2.75) is 20.8 Å². The zero-order valence-electron chi connectivity index (χ0n) is 20.8. The predicted molar refractivity (Wildman–Crippen MR) is 144 cm³/mol. The molecule has 37 heavy (non-hydrogen) atoms. The fourth-order valence-corrected chi connectivity index (χ4v) is 5.42. The number of aryl methyl sites for hydroxylation is 2. The van der Waals surface area contributed by atoms with E-state index in [4.69, 9.17) is 19.6 Å². The third-order valence-electron chi connectivity index (χ3n) is 5.35. The van der Waals surface area contributed by atoms with Crippen molar-refractivity contribution in [3.8, 4) is 17.2 Å². The van der Waals surface area contributed by atoms with Crippen LogP contribution in [-0.2, 0) is 14.6 Å². The minimum Gasteiger partial charge on any atom is -0.490 e. The molecule has 0 fully saturated rings. The largest absolute Gasteiger partial charge is 0.490 e. The molecule has 194 valence electrons.